The molecule has 6 atom stereocenters. The van der Waals surface area contributed by atoms with Crippen LogP contribution in [-0.4, -0.2) is 84.3 Å². The van der Waals surface area contributed by atoms with Crippen molar-refractivity contribution in [1.82, 2.24) is 26.2 Å². The highest BCUT2D eigenvalue weighted by atomic mass is 16.5. The fourth-order valence-electron chi connectivity index (χ4n) is 7.31. The second kappa shape index (κ2) is 15.4. The molecule has 268 valence electrons. The van der Waals surface area contributed by atoms with E-state index in [0.717, 1.165) is 25.7 Å². The first-order valence-corrected chi connectivity index (χ1v) is 17.9. The fraction of sp³-hybridized carbons (Fsp3) is 0.778. The first kappa shape index (κ1) is 37.4. The van der Waals surface area contributed by atoms with Gasteiger partial charge in [-0.3, -0.25) is 24.0 Å². The Morgan fingerprint density at radius 2 is 1.71 bits per heavy atom. The topological polar surface area (TPSA) is 163 Å². The van der Waals surface area contributed by atoms with Crippen LogP contribution in [0.1, 0.15) is 99.3 Å². The molecule has 4 aliphatic rings. The summed E-state index contributed by atoms with van der Waals surface area (Å²) in [6, 6.07) is -3.74. The number of fused-ring (bicyclic) bond motifs is 1. The minimum atomic E-state index is -1.03. The van der Waals surface area contributed by atoms with E-state index in [4.69, 9.17) is 4.74 Å². The summed E-state index contributed by atoms with van der Waals surface area (Å²) < 4.78 is 5.56. The summed E-state index contributed by atoms with van der Waals surface area (Å²) in [7, 11) is 0. The molecule has 1 heterocycles. The normalized spacial score (nSPS) is 24.5. The molecule has 48 heavy (non-hydrogen) atoms. The Labute approximate surface area is 285 Å². The zero-order chi connectivity index (χ0) is 35.4. The van der Waals surface area contributed by atoms with Crippen LogP contribution >= 0.6 is 0 Å². The van der Waals surface area contributed by atoms with Crippen molar-refractivity contribution in [3.05, 3.63) is 12.7 Å². The van der Waals surface area contributed by atoms with Crippen LogP contribution in [0.15, 0.2) is 12.7 Å². The minimum Gasteiger partial charge on any atom is -0.463 e. The van der Waals surface area contributed by atoms with E-state index < -0.39 is 47.2 Å². The lowest BCUT2D eigenvalue weighted by atomic mass is 9.80. The number of carbonyl (C=O) groups is 6. The molecule has 12 nitrogen and oxygen atoms in total. The number of nitrogens with one attached hydrogen (secondary N) is 4. The third-order valence-corrected chi connectivity index (χ3v) is 10.9. The van der Waals surface area contributed by atoms with E-state index in [1.165, 1.54) is 18.9 Å². The van der Waals surface area contributed by atoms with Crippen molar-refractivity contribution < 1.29 is 33.5 Å². The van der Waals surface area contributed by atoms with Gasteiger partial charge < -0.3 is 30.9 Å². The lowest BCUT2D eigenvalue weighted by molar-refractivity contribution is -0.145. The molecule has 12 heteroatoms. The van der Waals surface area contributed by atoms with Gasteiger partial charge >= 0.3 is 12.0 Å². The van der Waals surface area contributed by atoms with Crippen LogP contribution in [-0.2, 0) is 28.7 Å². The van der Waals surface area contributed by atoms with E-state index in [1.807, 2.05) is 27.7 Å². The van der Waals surface area contributed by atoms with Gasteiger partial charge in [0, 0.05) is 19.5 Å². The van der Waals surface area contributed by atoms with Crippen molar-refractivity contribution in [3.8, 4) is 0 Å². The highest BCUT2D eigenvalue weighted by Crippen LogP contribution is 2.65. The van der Waals surface area contributed by atoms with E-state index in [9.17, 15) is 28.8 Å². The average molecular weight is 672 g/mol. The molecule has 0 spiro atoms. The van der Waals surface area contributed by atoms with E-state index in [2.05, 4.69) is 41.7 Å². The number of piperidine rings is 1. The molecule has 0 aromatic heterocycles. The van der Waals surface area contributed by atoms with Gasteiger partial charge in [-0.15, -0.1) is 6.58 Å². The maximum atomic E-state index is 14.3. The molecule has 4 rings (SSSR count). The fourth-order valence-corrected chi connectivity index (χ4v) is 7.31. The molecule has 1 saturated heterocycles. The second-order valence-corrected chi connectivity index (χ2v) is 16.0. The number of amides is 5. The van der Waals surface area contributed by atoms with Crippen LogP contribution in [0.4, 0.5) is 4.79 Å². The Hall–Kier alpha value is -3.44. The number of Topliss-reactive ketones (excluding diaryl/α,β-unsaturated/α-hetero) is 1. The molecule has 3 unspecified atom stereocenters. The minimum absolute atomic E-state index is 0.0838. The molecule has 0 radical (unpaired) electrons. The summed E-state index contributed by atoms with van der Waals surface area (Å²) in [4.78, 5) is 81.0. The van der Waals surface area contributed by atoms with Crippen LogP contribution in [0.3, 0.4) is 0 Å². The summed E-state index contributed by atoms with van der Waals surface area (Å²) in [5, 5.41) is 11.2. The monoisotopic (exact) mass is 671 g/mol. The second-order valence-electron chi connectivity index (χ2n) is 16.0. The van der Waals surface area contributed by atoms with Crippen molar-refractivity contribution in [2.24, 2.45) is 34.5 Å². The quantitative estimate of drug-likeness (QED) is 0.105. The molecule has 4 fully saturated rings. The third kappa shape index (κ3) is 8.96. The predicted molar refractivity (Wildman–Crippen MR) is 180 cm³/mol. The predicted octanol–water partition coefficient (Wildman–Crippen LogP) is 3.24. The van der Waals surface area contributed by atoms with E-state index in [-0.39, 0.29) is 60.7 Å². The smallest absolute Gasteiger partial charge is 0.315 e. The van der Waals surface area contributed by atoms with Gasteiger partial charge in [0.2, 0.25) is 17.6 Å². The first-order valence-electron chi connectivity index (χ1n) is 17.9. The van der Waals surface area contributed by atoms with Gasteiger partial charge in [0.25, 0.3) is 5.91 Å². The number of urea groups is 1. The summed E-state index contributed by atoms with van der Waals surface area (Å²) >= 11 is 0. The van der Waals surface area contributed by atoms with Gasteiger partial charge in [0.05, 0.1) is 12.1 Å². The Morgan fingerprint density at radius 1 is 1.02 bits per heavy atom. The van der Waals surface area contributed by atoms with Gasteiger partial charge in [-0.2, -0.15) is 0 Å². The average Bonchev–Trinajstić information content (AvgIpc) is 3.86. The Balaban J connectivity index is 1.44. The Bertz CT molecular complexity index is 1250. The van der Waals surface area contributed by atoms with Crippen LogP contribution < -0.4 is 21.3 Å². The molecule has 3 aliphatic carbocycles. The lowest BCUT2D eigenvalue weighted by Crippen LogP contribution is -2.62. The molecule has 5 amide bonds. The highest BCUT2D eigenvalue weighted by molar-refractivity contribution is 6.38. The maximum absolute atomic E-state index is 14.3. The number of likely N-dealkylation sites (tertiary alicyclic amines) is 1. The summed E-state index contributed by atoms with van der Waals surface area (Å²) in [5.74, 6) is -1.87. The molecular formula is C36H57N5O7. The molecule has 3 saturated carbocycles. The molecule has 0 aromatic carbocycles. The molecule has 1 aliphatic heterocycles. The van der Waals surface area contributed by atoms with Gasteiger partial charge in [-0.25, -0.2) is 4.79 Å². The van der Waals surface area contributed by atoms with Crippen molar-refractivity contribution in [3.63, 3.8) is 0 Å². The number of ether oxygens (including phenoxy) is 1. The van der Waals surface area contributed by atoms with E-state index in [0.29, 0.717) is 25.3 Å². The van der Waals surface area contributed by atoms with E-state index in [1.54, 1.807) is 4.90 Å². The third-order valence-electron chi connectivity index (χ3n) is 10.9. The van der Waals surface area contributed by atoms with Gasteiger partial charge in [-0.05, 0) is 60.2 Å². The Morgan fingerprint density at radius 3 is 2.27 bits per heavy atom. The molecule has 0 aromatic rings. The number of esters is 1. The Kier molecular flexibility index (Phi) is 12.0. The largest absolute Gasteiger partial charge is 0.463 e. The van der Waals surface area contributed by atoms with Crippen LogP contribution in [0.25, 0.3) is 0 Å². The highest BCUT2D eigenvalue weighted by Gasteiger charge is 2.70. The number of hydrogen-bond donors (Lipinski definition) is 4. The van der Waals surface area contributed by atoms with E-state index >= 15 is 0 Å². The van der Waals surface area contributed by atoms with Crippen molar-refractivity contribution in [2.45, 2.75) is 123 Å². The van der Waals surface area contributed by atoms with Crippen LogP contribution in [0, 0.1) is 34.5 Å². The van der Waals surface area contributed by atoms with Crippen molar-refractivity contribution in [2.75, 3.05) is 19.7 Å². The number of ketones is 1. The number of carbonyl (C=O) groups excluding carboxylic acids is 6. The van der Waals surface area contributed by atoms with Gasteiger partial charge in [0.15, 0.2) is 0 Å². The number of nitrogens with zero attached hydrogens (tertiary/aromatic N) is 1. The maximum Gasteiger partial charge on any atom is 0.315 e. The molecular weight excluding hydrogens is 614 g/mol. The summed E-state index contributed by atoms with van der Waals surface area (Å²) in [6.07, 6.45) is 8.75. The van der Waals surface area contributed by atoms with Crippen LogP contribution in [0.5, 0.6) is 0 Å². The number of rotatable bonds is 17. The summed E-state index contributed by atoms with van der Waals surface area (Å²) in [5.41, 5.74) is -0.887. The molecule has 0 bridgehead atoms. The molecule has 4 N–H and O–H groups in total. The summed E-state index contributed by atoms with van der Waals surface area (Å²) in [6.45, 7) is 15.7. The van der Waals surface area contributed by atoms with Crippen molar-refractivity contribution in [1.29, 1.82) is 0 Å². The first-order chi connectivity index (χ1) is 22.6. The SMILES string of the molecule is C=CCNC(=O)C(=O)C(CCC)NC(=O)C1[C@@H]2[C@H](CN1C(=O)C(NC(=O)N[C@H](COC(=O)CCC1CC1)C1CCC1)C(C)(C)C)C2(C)C. The number of hydrogen-bond acceptors (Lipinski definition) is 7. The van der Waals surface area contributed by atoms with Crippen LogP contribution in [0.2, 0.25) is 0 Å². The van der Waals surface area contributed by atoms with Crippen molar-refractivity contribution >= 4 is 35.5 Å². The lowest BCUT2D eigenvalue weighted by Gasteiger charge is -2.39. The standard InChI is InChI=1S/C36H57N5O7/c1-8-11-24(29(43)32(45)37-18-9-2)38-31(44)28-27-23(36(27,6)7)19-41(28)33(46)30(35(3,4)5)40-34(47)39-25(22-12-10-13-22)20-48-26(42)17-16-21-14-15-21/h9,21-25,27-28,30H,2,8,10-20H2,1,3-7H3,(H,37,45)(H,38,44)(H2,39,40,47)/t23-,24?,25+,27-,28?,30?/m0/s1. The van der Waals surface area contributed by atoms with Gasteiger partial charge in [0.1, 0.15) is 18.7 Å². The van der Waals surface area contributed by atoms with Gasteiger partial charge in [-0.1, -0.05) is 73.3 Å². The zero-order valence-corrected chi connectivity index (χ0v) is 29.7. The zero-order valence-electron chi connectivity index (χ0n) is 29.7.